The highest BCUT2D eigenvalue weighted by Gasteiger charge is 2.31. The molecule has 0 N–H and O–H groups in total. The monoisotopic (exact) mass is 313 g/mol. The zero-order chi connectivity index (χ0) is 16.4. The van der Waals surface area contributed by atoms with Gasteiger partial charge in [0.2, 0.25) is 0 Å². The molecule has 1 saturated heterocycles. The molecule has 1 aromatic carbocycles. The number of rotatable bonds is 4. The van der Waals surface area contributed by atoms with Crippen molar-refractivity contribution in [3.8, 4) is 5.75 Å². The molecule has 0 spiro atoms. The largest absolute Gasteiger partial charge is 0.494 e. The van der Waals surface area contributed by atoms with E-state index < -0.39 is 0 Å². The summed E-state index contributed by atoms with van der Waals surface area (Å²) < 4.78 is 7.34. The Morgan fingerprint density at radius 1 is 1.43 bits per heavy atom. The van der Waals surface area contributed by atoms with Crippen LogP contribution in [0.2, 0.25) is 0 Å². The molecule has 0 radical (unpaired) electrons. The van der Waals surface area contributed by atoms with E-state index in [0.717, 1.165) is 41.8 Å². The molecular formula is C18H23N3O2. The second kappa shape index (κ2) is 6.44. The van der Waals surface area contributed by atoms with E-state index in [1.165, 1.54) is 0 Å². The van der Waals surface area contributed by atoms with Crippen LogP contribution in [0.4, 0.5) is 0 Å². The molecule has 0 bridgehead atoms. The molecule has 23 heavy (non-hydrogen) atoms. The van der Waals surface area contributed by atoms with E-state index in [9.17, 15) is 4.79 Å². The van der Waals surface area contributed by atoms with E-state index in [1.807, 2.05) is 56.4 Å². The van der Waals surface area contributed by atoms with Crippen molar-refractivity contribution >= 4 is 5.91 Å². The lowest BCUT2D eigenvalue weighted by atomic mass is 10.1. The van der Waals surface area contributed by atoms with Gasteiger partial charge < -0.3 is 9.64 Å². The molecule has 122 valence electrons. The highest BCUT2D eigenvalue weighted by molar-refractivity contribution is 5.95. The fourth-order valence-corrected chi connectivity index (χ4v) is 3.23. The molecule has 1 aromatic heterocycles. The van der Waals surface area contributed by atoms with Gasteiger partial charge in [-0.25, -0.2) is 0 Å². The van der Waals surface area contributed by atoms with E-state index in [2.05, 4.69) is 5.10 Å². The van der Waals surface area contributed by atoms with Crippen molar-refractivity contribution in [2.45, 2.75) is 32.7 Å². The molecule has 1 fully saturated rings. The second-order valence-corrected chi connectivity index (χ2v) is 6.02. The van der Waals surface area contributed by atoms with E-state index in [-0.39, 0.29) is 11.9 Å². The maximum absolute atomic E-state index is 12.9. The van der Waals surface area contributed by atoms with Gasteiger partial charge in [-0.15, -0.1) is 0 Å². The van der Waals surface area contributed by atoms with Gasteiger partial charge in [0.1, 0.15) is 5.75 Å². The maximum atomic E-state index is 12.9. The number of hydrogen-bond acceptors (Lipinski definition) is 3. The normalized spacial score (nSPS) is 17.5. The summed E-state index contributed by atoms with van der Waals surface area (Å²) in [7, 11) is 1.90. The number of nitrogens with zero attached hydrogens (tertiary/aromatic N) is 3. The number of carbonyl (C=O) groups excluding carboxylic acids is 1. The lowest BCUT2D eigenvalue weighted by molar-refractivity contribution is 0.0735. The van der Waals surface area contributed by atoms with Gasteiger partial charge in [-0.2, -0.15) is 5.10 Å². The first kappa shape index (κ1) is 15.6. The van der Waals surface area contributed by atoms with Gasteiger partial charge in [-0.3, -0.25) is 9.48 Å². The van der Waals surface area contributed by atoms with Gasteiger partial charge in [0.15, 0.2) is 0 Å². The molecule has 3 rings (SSSR count). The van der Waals surface area contributed by atoms with Crippen LogP contribution in [-0.2, 0) is 7.05 Å². The van der Waals surface area contributed by atoms with Crippen molar-refractivity contribution in [1.82, 2.24) is 14.7 Å². The summed E-state index contributed by atoms with van der Waals surface area (Å²) in [4.78, 5) is 14.9. The van der Waals surface area contributed by atoms with Crippen molar-refractivity contribution in [3.05, 3.63) is 47.3 Å². The molecule has 2 aromatic rings. The zero-order valence-corrected chi connectivity index (χ0v) is 14.0. The van der Waals surface area contributed by atoms with Crippen LogP contribution < -0.4 is 4.74 Å². The Morgan fingerprint density at radius 2 is 2.26 bits per heavy atom. The Balaban J connectivity index is 1.83. The SMILES string of the molecule is CCOc1ccc(C(=O)N2CCCC2c2cnn(C)c2)cc1C. The van der Waals surface area contributed by atoms with Gasteiger partial charge in [0.25, 0.3) is 5.91 Å². The summed E-state index contributed by atoms with van der Waals surface area (Å²) in [6.07, 6.45) is 5.88. The van der Waals surface area contributed by atoms with E-state index >= 15 is 0 Å². The van der Waals surface area contributed by atoms with Gasteiger partial charge in [0, 0.05) is 30.9 Å². The van der Waals surface area contributed by atoms with Gasteiger partial charge in [0.05, 0.1) is 18.8 Å². The minimum atomic E-state index is 0.0856. The Morgan fingerprint density at radius 3 is 2.91 bits per heavy atom. The summed E-state index contributed by atoms with van der Waals surface area (Å²) in [6, 6.07) is 5.80. The van der Waals surface area contributed by atoms with Crippen LogP contribution in [0.25, 0.3) is 0 Å². The summed E-state index contributed by atoms with van der Waals surface area (Å²) in [6.45, 7) is 5.36. The molecule has 1 unspecified atom stereocenters. The Bertz CT molecular complexity index is 708. The van der Waals surface area contributed by atoms with Crippen LogP contribution >= 0.6 is 0 Å². The average Bonchev–Trinajstić information content (AvgIpc) is 3.17. The molecule has 1 aliphatic heterocycles. The predicted octanol–water partition coefficient (Wildman–Crippen LogP) is 3.10. The third kappa shape index (κ3) is 3.09. The highest BCUT2D eigenvalue weighted by atomic mass is 16.5. The van der Waals surface area contributed by atoms with Crippen molar-refractivity contribution < 1.29 is 9.53 Å². The molecule has 1 atom stereocenters. The Hall–Kier alpha value is -2.30. The summed E-state index contributed by atoms with van der Waals surface area (Å²) in [5.41, 5.74) is 2.83. The number of hydrogen-bond donors (Lipinski definition) is 0. The molecular weight excluding hydrogens is 290 g/mol. The van der Waals surface area contributed by atoms with E-state index in [1.54, 1.807) is 4.68 Å². The number of benzene rings is 1. The third-order valence-electron chi connectivity index (χ3n) is 4.35. The molecule has 1 amide bonds. The number of carbonyl (C=O) groups is 1. The van der Waals surface area contributed by atoms with Gasteiger partial charge in [-0.05, 0) is 50.5 Å². The second-order valence-electron chi connectivity index (χ2n) is 6.02. The van der Waals surface area contributed by atoms with E-state index in [0.29, 0.717) is 6.61 Å². The first-order chi connectivity index (χ1) is 11.1. The lowest BCUT2D eigenvalue weighted by Gasteiger charge is -2.24. The van der Waals surface area contributed by atoms with Gasteiger partial charge >= 0.3 is 0 Å². The number of aryl methyl sites for hydroxylation is 2. The quantitative estimate of drug-likeness (QED) is 0.871. The summed E-state index contributed by atoms with van der Waals surface area (Å²) in [5.74, 6) is 0.928. The fourth-order valence-electron chi connectivity index (χ4n) is 3.23. The Kier molecular flexibility index (Phi) is 4.37. The zero-order valence-electron chi connectivity index (χ0n) is 14.0. The summed E-state index contributed by atoms with van der Waals surface area (Å²) in [5, 5.41) is 4.24. The fraction of sp³-hybridized carbons (Fsp3) is 0.444. The molecule has 5 heteroatoms. The minimum Gasteiger partial charge on any atom is -0.494 e. The number of likely N-dealkylation sites (tertiary alicyclic amines) is 1. The van der Waals surface area contributed by atoms with E-state index in [4.69, 9.17) is 4.74 Å². The minimum absolute atomic E-state index is 0.0856. The maximum Gasteiger partial charge on any atom is 0.254 e. The third-order valence-corrected chi connectivity index (χ3v) is 4.35. The smallest absolute Gasteiger partial charge is 0.254 e. The molecule has 5 nitrogen and oxygen atoms in total. The predicted molar refractivity (Wildman–Crippen MR) is 88.6 cm³/mol. The van der Waals surface area contributed by atoms with Crippen molar-refractivity contribution in [2.75, 3.05) is 13.2 Å². The van der Waals surface area contributed by atoms with Crippen LogP contribution in [0, 0.1) is 6.92 Å². The van der Waals surface area contributed by atoms with Crippen LogP contribution in [-0.4, -0.2) is 33.7 Å². The topological polar surface area (TPSA) is 47.4 Å². The number of amides is 1. The number of ether oxygens (including phenoxy) is 1. The Labute approximate surface area is 136 Å². The van der Waals surface area contributed by atoms with Gasteiger partial charge in [-0.1, -0.05) is 0 Å². The first-order valence-electron chi connectivity index (χ1n) is 8.13. The number of aromatic nitrogens is 2. The van der Waals surface area contributed by atoms with Crippen molar-refractivity contribution in [1.29, 1.82) is 0 Å². The van der Waals surface area contributed by atoms with Crippen LogP contribution in [0.5, 0.6) is 5.75 Å². The molecule has 2 heterocycles. The molecule has 1 aliphatic rings. The lowest BCUT2D eigenvalue weighted by Crippen LogP contribution is -2.30. The van der Waals surface area contributed by atoms with Crippen LogP contribution in [0.15, 0.2) is 30.6 Å². The van der Waals surface area contributed by atoms with Crippen molar-refractivity contribution in [2.24, 2.45) is 7.05 Å². The van der Waals surface area contributed by atoms with Crippen LogP contribution in [0.3, 0.4) is 0 Å². The molecule has 0 aliphatic carbocycles. The standard InChI is InChI=1S/C18H23N3O2/c1-4-23-17-8-7-14(10-13(17)2)18(22)21-9-5-6-16(21)15-11-19-20(3)12-15/h7-8,10-12,16H,4-6,9H2,1-3H3. The van der Waals surface area contributed by atoms with Crippen LogP contribution in [0.1, 0.15) is 47.3 Å². The summed E-state index contributed by atoms with van der Waals surface area (Å²) >= 11 is 0. The first-order valence-corrected chi connectivity index (χ1v) is 8.13. The van der Waals surface area contributed by atoms with Crippen molar-refractivity contribution in [3.63, 3.8) is 0 Å². The average molecular weight is 313 g/mol. The molecule has 0 saturated carbocycles. The highest BCUT2D eigenvalue weighted by Crippen LogP contribution is 2.33.